The fraction of sp³-hybridized carbons (Fsp3) is 0.167. The monoisotopic (exact) mass is 464 g/mol. The molecule has 3 aromatic carbocycles. The van der Waals surface area contributed by atoms with Crippen LogP contribution in [0.25, 0.3) is 0 Å². The number of benzene rings is 3. The first-order valence-electron chi connectivity index (χ1n) is 10.4. The van der Waals surface area contributed by atoms with Crippen molar-refractivity contribution in [2.75, 3.05) is 23.3 Å². The summed E-state index contributed by atoms with van der Waals surface area (Å²) < 4.78 is 28.1. The van der Waals surface area contributed by atoms with Crippen molar-refractivity contribution in [1.29, 1.82) is 0 Å². The molecular formula is C24H24N4O4S. The third-order valence-corrected chi connectivity index (χ3v) is 6.74. The Balaban J connectivity index is 1.51. The lowest BCUT2D eigenvalue weighted by Crippen LogP contribution is -2.27. The van der Waals surface area contributed by atoms with Gasteiger partial charge in [-0.3, -0.25) is 9.69 Å². The first kappa shape index (κ1) is 22.5. The van der Waals surface area contributed by atoms with Gasteiger partial charge in [-0.05, 0) is 48.4 Å². The number of carbonyl (C=O) groups excluding carboxylic acids is 2. The second-order valence-electron chi connectivity index (χ2n) is 7.67. The number of hydrogen-bond donors (Lipinski definition) is 3. The van der Waals surface area contributed by atoms with Crippen LogP contribution in [0.2, 0.25) is 0 Å². The SMILES string of the molecule is Cc1ccc(S(=O)(=O)NCc2ccccc2)cc1C(=O)Nc1cccc(N2CCNC2=O)c1. The van der Waals surface area contributed by atoms with Gasteiger partial charge in [0.05, 0.1) is 4.90 Å². The van der Waals surface area contributed by atoms with E-state index in [1.807, 2.05) is 30.3 Å². The van der Waals surface area contributed by atoms with Crippen LogP contribution in [0.4, 0.5) is 16.2 Å². The average molecular weight is 465 g/mol. The van der Waals surface area contributed by atoms with Crippen molar-refractivity contribution in [3.63, 3.8) is 0 Å². The summed E-state index contributed by atoms with van der Waals surface area (Å²) in [6.07, 6.45) is 0. The highest BCUT2D eigenvalue weighted by atomic mass is 32.2. The standard InChI is InChI=1S/C24H24N4O4S/c1-17-10-11-21(33(31,32)26-16-18-6-3-2-4-7-18)15-22(17)23(29)27-19-8-5-9-20(14-19)28-13-12-25-24(28)30/h2-11,14-15,26H,12-13,16H2,1H3,(H,25,30)(H,27,29). The highest BCUT2D eigenvalue weighted by Gasteiger charge is 2.22. The molecule has 3 amide bonds. The van der Waals surface area contributed by atoms with Crippen LogP contribution >= 0.6 is 0 Å². The molecule has 0 bridgehead atoms. The Morgan fingerprint density at radius 1 is 1.03 bits per heavy atom. The summed E-state index contributed by atoms with van der Waals surface area (Å²) in [7, 11) is -3.81. The molecule has 9 heteroatoms. The Morgan fingerprint density at radius 3 is 2.55 bits per heavy atom. The molecule has 8 nitrogen and oxygen atoms in total. The predicted octanol–water partition coefficient (Wildman–Crippen LogP) is 3.26. The number of anilines is 2. The number of hydrogen-bond acceptors (Lipinski definition) is 4. The van der Waals surface area contributed by atoms with Gasteiger partial charge in [0.2, 0.25) is 10.0 Å². The molecule has 1 aliphatic heterocycles. The van der Waals surface area contributed by atoms with Crippen LogP contribution in [-0.4, -0.2) is 33.4 Å². The zero-order valence-corrected chi connectivity index (χ0v) is 18.9. The molecule has 0 aromatic heterocycles. The van der Waals surface area contributed by atoms with Crippen LogP contribution in [0.3, 0.4) is 0 Å². The van der Waals surface area contributed by atoms with Gasteiger partial charge in [0.25, 0.3) is 5.91 Å². The molecule has 1 aliphatic rings. The summed E-state index contributed by atoms with van der Waals surface area (Å²) in [5, 5.41) is 5.54. The largest absolute Gasteiger partial charge is 0.336 e. The van der Waals surface area contributed by atoms with E-state index in [4.69, 9.17) is 0 Å². The van der Waals surface area contributed by atoms with Crippen LogP contribution in [0.5, 0.6) is 0 Å². The van der Waals surface area contributed by atoms with Gasteiger partial charge in [0.15, 0.2) is 0 Å². The molecule has 33 heavy (non-hydrogen) atoms. The summed E-state index contributed by atoms with van der Waals surface area (Å²) in [6, 6.07) is 20.4. The van der Waals surface area contributed by atoms with Crippen molar-refractivity contribution in [3.8, 4) is 0 Å². The average Bonchev–Trinajstić information content (AvgIpc) is 3.24. The molecule has 4 rings (SSSR count). The van der Waals surface area contributed by atoms with Crippen LogP contribution in [0.15, 0.2) is 77.7 Å². The topological polar surface area (TPSA) is 108 Å². The highest BCUT2D eigenvalue weighted by Crippen LogP contribution is 2.23. The van der Waals surface area contributed by atoms with Crippen LogP contribution < -0.4 is 20.3 Å². The van der Waals surface area contributed by atoms with E-state index in [-0.39, 0.29) is 23.0 Å². The summed E-state index contributed by atoms with van der Waals surface area (Å²) in [6.45, 7) is 3.00. The fourth-order valence-electron chi connectivity index (χ4n) is 3.54. The number of nitrogens with one attached hydrogen (secondary N) is 3. The first-order chi connectivity index (χ1) is 15.8. The molecule has 1 fully saturated rings. The Labute approximate surface area is 192 Å². The number of aryl methyl sites for hydroxylation is 1. The molecule has 1 heterocycles. The van der Waals surface area contributed by atoms with Crippen molar-refractivity contribution in [2.24, 2.45) is 0 Å². The molecule has 3 N–H and O–H groups in total. The van der Waals surface area contributed by atoms with E-state index in [0.29, 0.717) is 30.0 Å². The van der Waals surface area contributed by atoms with Gasteiger partial charge in [-0.15, -0.1) is 0 Å². The van der Waals surface area contributed by atoms with Crippen LogP contribution in [0.1, 0.15) is 21.5 Å². The van der Waals surface area contributed by atoms with Crippen molar-refractivity contribution < 1.29 is 18.0 Å². The third kappa shape index (κ3) is 5.21. The van der Waals surface area contributed by atoms with E-state index in [1.54, 1.807) is 42.2 Å². The zero-order valence-electron chi connectivity index (χ0n) is 18.0. The maximum Gasteiger partial charge on any atom is 0.321 e. The minimum Gasteiger partial charge on any atom is -0.336 e. The van der Waals surface area contributed by atoms with Gasteiger partial charge in [-0.2, -0.15) is 0 Å². The minimum absolute atomic E-state index is 0.0108. The third-order valence-electron chi connectivity index (χ3n) is 5.35. The number of urea groups is 1. The van der Waals surface area contributed by atoms with Crippen LogP contribution in [-0.2, 0) is 16.6 Å². The molecule has 0 radical (unpaired) electrons. The molecule has 0 aliphatic carbocycles. The molecular weight excluding hydrogens is 440 g/mol. The number of amides is 3. The molecule has 3 aromatic rings. The van der Waals surface area contributed by atoms with E-state index in [0.717, 1.165) is 5.56 Å². The van der Waals surface area contributed by atoms with Crippen molar-refractivity contribution >= 4 is 33.3 Å². The highest BCUT2D eigenvalue weighted by molar-refractivity contribution is 7.89. The lowest BCUT2D eigenvalue weighted by molar-refractivity contribution is 0.102. The lowest BCUT2D eigenvalue weighted by atomic mass is 10.1. The molecule has 0 spiro atoms. The number of sulfonamides is 1. The summed E-state index contributed by atoms with van der Waals surface area (Å²) >= 11 is 0. The summed E-state index contributed by atoms with van der Waals surface area (Å²) in [5.41, 5.74) is 2.90. The molecule has 0 unspecified atom stereocenters. The number of carbonyl (C=O) groups is 2. The van der Waals surface area contributed by atoms with Gasteiger partial charge in [0.1, 0.15) is 0 Å². The number of rotatable bonds is 7. The zero-order chi connectivity index (χ0) is 23.4. The number of nitrogens with zero attached hydrogens (tertiary/aromatic N) is 1. The van der Waals surface area contributed by atoms with E-state index in [2.05, 4.69) is 15.4 Å². The van der Waals surface area contributed by atoms with Crippen molar-refractivity contribution in [3.05, 3.63) is 89.5 Å². The van der Waals surface area contributed by atoms with E-state index in [1.165, 1.54) is 12.1 Å². The molecule has 0 atom stereocenters. The summed E-state index contributed by atoms with van der Waals surface area (Å²) in [4.78, 5) is 26.5. The first-order valence-corrected chi connectivity index (χ1v) is 11.9. The van der Waals surface area contributed by atoms with E-state index < -0.39 is 15.9 Å². The van der Waals surface area contributed by atoms with Crippen molar-refractivity contribution in [1.82, 2.24) is 10.0 Å². The maximum atomic E-state index is 13.0. The van der Waals surface area contributed by atoms with Gasteiger partial charge < -0.3 is 10.6 Å². The fourth-order valence-corrected chi connectivity index (χ4v) is 4.58. The molecule has 0 saturated carbocycles. The van der Waals surface area contributed by atoms with Crippen molar-refractivity contribution in [2.45, 2.75) is 18.4 Å². The Bertz CT molecular complexity index is 1290. The Hall–Kier alpha value is -3.69. The Kier molecular flexibility index (Phi) is 6.43. The second-order valence-corrected chi connectivity index (χ2v) is 9.44. The minimum atomic E-state index is -3.81. The Morgan fingerprint density at radius 2 is 1.82 bits per heavy atom. The molecule has 170 valence electrons. The summed E-state index contributed by atoms with van der Waals surface area (Å²) in [5.74, 6) is -0.435. The predicted molar refractivity (Wildman–Crippen MR) is 127 cm³/mol. The normalized spacial score (nSPS) is 13.6. The van der Waals surface area contributed by atoms with Gasteiger partial charge >= 0.3 is 6.03 Å². The smallest absolute Gasteiger partial charge is 0.321 e. The van der Waals surface area contributed by atoms with E-state index >= 15 is 0 Å². The van der Waals surface area contributed by atoms with E-state index in [9.17, 15) is 18.0 Å². The van der Waals surface area contributed by atoms with Gasteiger partial charge in [-0.1, -0.05) is 42.5 Å². The van der Waals surface area contributed by atoms with Gasteiger partial charge in [-0.25, -0.2) is 17.9 Å². The quantitative estimate of drug-likeness (QED) is 0.499. The van der Waals surface area contributed by atoms with Gasteiger partial charge in [0, 0.05) is 36.6 Å². The molecule has 1 saturated heterocycles. The maximum absolute atomic E-state index is 13.0. The van der Waals surface area contributed by atoms with Crippen LogP contribution in [0, 0.1) is 6.92 Å². The lowest BCUT2D eigenvalue weighted by Gasteiger charge is -2.16. The second kappa shape index (κ2) is 9.43.